The zero-order valence-corrected chi connectivity index (χ0v) is 37.8. The highest BCUT2D eigenvalue weighted by atomic mass is 15.1. The minimum absolute atomic E-state index is 1.13. The van der Waals surface area contributed by atoms with Crippen LogP contribution in [0.15, 0.2) is 224 Å². The van der Waals surface area contributed by atoms with Crippen LogP contribution in [0.3, 0.4) is 0 Å². The van der Waals surface area contributed by atoms with E-state index in [2.05, 4.69) is 243 Å². The predicted octanol–water partition coefficient (Wildman–Crippen LogP) is 18.1. The van der Waals surface area contributed by atoms with Gasteiger partial charge in [0.25, 0.3) is 0 Å². The van der Waals surface area contributed by atoms with Gasteiger partial charge in [0.1, 0.15) is 0 Å². The van der Waals surface area contributed by atoms with Crippen molar-refractivity contribution in [2.24, 2.45) is 0 Å². The molecule has 0 aliphatic rings. The maximum atomic E-state index is 2.42. The molecule has 0 saturated heterocycles. The van der Waals surface area contributed by atoms with Gasteiger partial charge in [-0.15, -0.1) is 0 Å². The molecule has 65 heavy (non-hydrogen) atoms. The molecule has 0 aliphatic heterocycles. The van der Waals surface area contributed by atoms with E-state index in [1.807, 2.05) is 26.0 Å². The molecule has 0 fully saturated rings. The predicted molar refractivity (Wildman–Crippen MR) is 281 cm³/mol. The van der Waals surface area contributed by atoms with Crippen molar-refractivity contribution < 1.29 is 0 Å². The van der Waals surface area contributed by atoms with Crippen LogP contribution in [0.4, 0.5) is 17.1 Å². The van der Waals surface area contributed by atoms with Crippen LogP contribution in [0.25, 0.3) is 82.4 Å². The average molecular weight is 837 g/mol. The first kappa shape index (κ1) is 41.1. The number of allylic oxidation sites excluding steroid dienone is 2. The van der Waals surface area contributed by atoms with E-state index in [1.54, 1.807) is 0 Å². The summed E-state index contributed by atoms with van der Waals surface area (Å²) in [5, 5.41) is 7.48. The van der Waals surface area contributed by atoms with Gasteiger partial charge in [-0.05, 0) is 167 Å². The molecule has 11 rings (SSSR count). The van der Waals surface area contributed by atoms with E-state index in [0.29, 0.717) is 0 Å². The monoisotopic (exact) mass is 836 g/mol. The first-order valence-corrected chi connectivity index (χ1v) is 22.7. The molecule has 1 aromatic heterocycles. The Morgan fingerprint density at radius 3 is 1.40 bits per heavy atom. The Hall–Kier alpha value is -7.94. The Labute approximate surface area is 383 Å². The van der Waals surface area contributed by atoms with Crippen LogP contribution in [0.5, 0.6) is 0 Å². The Balaban J connectivity index is 0.00000120. The average Bonchev–Trinajstić information content (AvgIpc) is 3.67. The summed E-state index contributed by atoms with van der Waals surface area (Å²) in [4.78, 5) is 2.38. The van der Waals surface area contributed by atoms with E-state index in [0.717, 1.165) is 22.7 Å². The molecule has 0 unspecified atom stereocenters. The van der Waals surface area contributed by atoms with Crippen molar-refractivity contribution in [3.05, 3.63) is 241 Å². The van der Waals surface area contributed by atoms with Crippen molar-refractivity contribution in [3.63, 3.8) is 0 Å². The topological polar surface area (TPSA) is 8.17 Å². The number of para-hydroxylation sites is 2. The number of hydrogen-bond donors (Lipinski definition) is 0. The lowest BCUT2D eigenvalue weighted by atomic mass is 9.85. The van der Waals surface area contributed by atoms with E-state index in [1.165, 1.54) is 93.4 Å². The quantitative estimate of drug-likeness (QED) is 0.115. The Kier molecular flexibility index (Phi) is 11.2. The second kappa shape index (κ2) is 17.7. The van der Waals surface area contributed by atoms with Crippen molar-refractivity contribution in [2.75, 3.05) is 4.90 Å². The lowest BCUT2D eigenvalue weighted by Gasteiger charge is -2.26. The van der Waals surface area contributed by atoms with Gasteiger partial charge in [0.2, 0.25) is 0 Å². The van der Waals surface area contributed by atoms with Crippen molar-refractivity contribution in [2.45, 2.75) is 34.6 Å². The molecule has 0 amide bonds. The van der Waals surface area contributed by atoms with Crippen molar-refractivity contribution in [3.8, 4) is 39.1 Å². The second-order valence-electron chi connectivity index (χ2n) is 17.0. The van der Waals surface area contributed by atoms with Crippen molar-refractivity contribution in [1.29, 1.82) is 0 Å². The Bertz CT molecular complexity index is 3440. The molecule has 2 nitrogen and oxygen atoms in total. The largest absolute Gasteiger partial charge is 0.310 e. The molecule has 314 valence electrons. The normalized spacial score (nSPS) is 11.4. The van der Waals surface area contributed by atoms with Crippen LogP contribution in [-0.2, 0) is 0 Å². The summed E-state index contributed by atoms with van der Waals surface area (Å²) < 4.78 is 2.42. The smallest absolute Gasteiger partial charge is 0.0542 e. The third kappa shape index (κ3) is 7.68. The van der Waals surface area contributed by atoms with Gasteiger partial charge in [0.05, 0.1) is 11.0 Å². The molecule has 0 bridgehead atoms. The molecule has 1 heterocycles. The second-order valence-corrected chi connectivity index (χ2v) is 17.0. The zero-order valence-electron chi connectivity index (χ0n) is 37.8. The minimum Gasteiger partial charge on any atom is -0.310 e. The first-order valence-electron chi connectivity index (χ1n) is 22.7. The fourth-order valence-electron chi connectivity index (χ4n) is 9.72. The minimum atomic E-state index is 1.13. The molecule has 11 aromatic rings. The third-order valence-corrected chi connectivity index (χ3v) is 12.7. The molecule has 10 aromatic carbocycles. The fourth-order valence-corrected chi connectivity index (χ4v) is 9.72. The van der Waals surface area contributed by atoms with E-state index in [-0.39, 0.29) is 0 Å². The molecular formula is C63H52N2. The fraction of sp³-hybridized carbons (Fsp3) is 0.0794. The van der Waals surface area contributed by atoms with Gasteiger partial charge in [-0.2, -0.15) is 0 Å². The Morgan fingerprint density at radius 2 is 0.831 bits per heavy atom. The zero-order chi connectivity index (χ0) is 44.4. The SMILES string of the molecule is C/C=C\C.Cc1cc(C)cc(N(c2ccccc2)c2ccc3c(c2)c2ccccc2n3-c2ccc(-c3c4ccccc4c(-c4ccc(-c5ccccc5C)cc4)c4ccccc34)cc2)c1. The van der Waals surface area contributed by atoms with Gasteiger partial charge in [0, 0.05) is 33.5 Å². The summed E-state index contributed by atoms with van der Waals surface area (Å²) in [7, 11) is 0. The molecule has 0 radical (unpaired) electrons. The van der Waals surface area contributed by atoms with E-state index >= 15 is 0 Å². The summed E-state index contributed by atoms with van der Waals surface area (Å²) in [5.41, 5.74) is 18.2. The molecule has 0 atom stereocenters. The maximum absolute atomic E-state index is 2.42. The number of benzene rings is 10. The lowest BCUT2D eigenvalue weighted by Crippen LogP contribution is -2.10. The number of aromatic nitrogens is 1. The van der Waals surface area contributed by atoms with Crippen LogP contribution in [0.1, 0.15) is 30.5 Å². The van der Waals surface area contributed by atoms with E-state index < -0.39 is 0 Å². The summed E-state index contributed by atoms with van der Waals surface area (Å²) in [5.74, 6) is 0. The number of rotatable bonds is 7. The van der Waals surface area contributed by atoms with Crippen LogP contribution < -0.4 is 4.90 Å². The van der Waals surface area contributed by atoms with Crippen LogP contribution in [-0.4, -0.2) is 4.57 Å². The maximum Gasteiger partial charge on any atom is 0.0542 e. The van der Waals surface area contributed by atoms with Gasteiger partial charge in [-0.1, -0.05) is 164 Å². The van der Waals surface area contributed by atoms with Gasteiger partial charge >= 0.3 is 0 Å². The summed E-state index contributed by atoms with van der Waals surface area (Å²) in [6, 6.07) is 78.0. The molecule has 0 spiro atoms. The van der Waals surface area contributed by atoms with Crippen LogP contribution >= 0.6 is 0 Å². The number of anilines is 3. The lowest BCUT2D eigenvalue weighted by molar-refractivity contribution is 1.18. The highest BCUT2D eigenvalue weighted by molar-refractivity contribution is 6.21. The highest BCUT2D eigenvalue weighted by Gasteiger charge is 2.20. The molecule has 0 N–H and O–H groups in total. The van der Waals surface area contributed by atoms with E-state index in [4.69, 9.17) is 0 Å². The molecule has 2 heteroatoms. The van der Waals surface area contributed by atoms with Gasteiger partial charge in [0.15, 0.2) is 0 Å². The molecule has 0 aliphatic carbocycles. The summed E-state index contributed by atoms with van der Waals surface area (Å²) >= 11 is 0. The number of aryl methyl sites for hydroxylation is 3. The van der Waals surface area contributed by atoms with Gasteiger partial charge < -0.3 is 9.47 Å². The summed E-state index contributed by atoms with van der Waals surface area (Å²) in [6.07, 6.45) is 4.00. The van der Waals surface area contributed by atoms with Crippen LogP contribution in [0, 0.1) is 20.8 Å². The van der Waals surface area contributed by atoms with Gasteiger partial charge in [-0.25, -0.2) is 0 Å². The van der Waals surface area contributed by atoms with Gasteiger partial charge in [-0.3, -0.25) is 0 Å². The number of hydrogen-bond acceptors (Lipinski definition) is 1. The molecular weight excluding hydrogens is 785 g/mol. The highest BCUT2D eigenvalue weighted by Crippen LogP contribution is 2.45. The van der Waals surface area contributed by atoms with Crippen molar-refractivity contribution in [1.82, 2.24) is 4.57 Å². The number of nitrogens with zero attached hydrogens (tertiary/aromatic N) is 2. The molecule has 0 saturated carbocycles. The van der Waals surface area contributed by atoms with Crippen LogP contribution in [0.2, 0.25) is 0 Å². The van der Waals surface area contributed by atoms with Crippen molar-refractivity contribution >= 4 is 60.4 Å². The first-order chi connectivity index (χ1) is 31.9. The Morgan fingerprint density at radius 1 is 0.354 bits per heavy atom. The number of fused-ring (bicyclic) bond motifs is 5. The van der Waals surface area contributed by atoms with E-state index in [9.17, 15) is 0 Å². The summed E-state index contributed by atoms with van der Waals surface area (Å²) in [6.45, 7) is 10.5. The third-order valence-electron chi connectivity index (χ3n) is 12.7. The standard InChI is InChI=1S/C59H44N2.C4H8/c1-39-35-40(2)37-48(36-39)60(45-16-5-4-6-17-45)47-33-34-57-55(38-47)50-19-13-14-24-56(50)61(57)46-31-29-44(30-32-46)59-53-22-11-9-20-51(53)58(52-21-10-12-23-54(52)59)43-27-25-42(26-28-43)49-18-8-7-15-41(49)3;1-3-4-2/h4-38H,1-3H3;3-4H,1-2H3/b;4-3-.